The standard InChI is InChI=1S/C21H30N4OS/c1-4-22-21(25-13-11-18(12-14-25)26-5-2)23-15-19-16(3)24-20(27-19)17-9-7-6-8-10-17/h6-10,18H,4-5,11-15H2,1-3H3,(H,22,23). The summed E-state index contributed by atoms with van der Waals surface area (Å²) in [4.78, 5) is 13.2. The summed E-state index contributed by atoms with van der Waals surface area (Å²) in [6, 6.07) is 10.4. The number of likely N-dealkylation sites (tertiary alicyclic amines) is 1. The van der Waals surface area contributed by atoms with E-state index in [0.29, 0.717) is 12.6 Å². The number of guanidine groups is 1. The van der Waals surface area contributed by atoms with Gasteiger partial charge in [0.05, 0.1) is 18.3 Å². The molecule has 1 aromatic heterocycles. The third-order valence-corrected chi connectivity index (χ3v) is 5.96. The van der Waals surface area contributed by atoms with Crippen LogP contribution >= 0.6 is 11.3 Å². The maximum atomic E-state index is 5.77. The molecule has 0 spiro atoms. The SMILES string of the molecule is CCNC(=NCc1sc(-c2ccccc2)nc1C)N1CCC(OCC)CC1. The molecule has 0 unspecified atom stereocenters. The van der Waals surface area contributed by atoms with Gasteiger partial charge in [-0.1, -0.05) is 30.3 Å². The fourth-order valence-corrected chi connectivity index (χ4v) is 4.31. The second kappa shape index (κ2) is 9.85. The average molecular weight is 387 g/mol. The van der Waals surface area contributed by atoms with E-state index in [2.05, 4.69) is 55.3 Å². The van der Waals surface area contributed by atoms with E-state index in [1.807, 2.05) is 6.07 Å². The quantitative estimate of drug-likeness (QED) is 0.600. The molecule has 1 aromatic carbocycles. The molecular weight excluding hydrogens is 356 g/mol. The van der Waals surface area contributed by atoms with Crippen molar-refractivity contribution in [2.24, 2.45) is 4.99 Å². The molecule has 0 aliphatic carbocycles. The molecular formula is C21H30N4OS. The highest BCUT2D eigenvalue weighted by atomic mass is 32.1. The molecule has 0 bridgehead atoms. The van der Waals surface area contributed by atoms with Crippen LogP contribution in [0.5, 0.6) is 0 Å². The molecule has 2 heterocycles. The molecule has 1 fully saturated rings. The number of nitrogens with zero attached hydrogens (tertiary/aromatic N) is 3. The second-order valence-corrected chi connectivity index (χ2v) is 7.79. The summed E-state index contributed by atoms with van der Waals surface area (Å²) in [5.41, 5.74) is 2.25. The molecule has 1 aliphatic rings. The number of rotatable bonds is 6. The number of aromatic nitrogens is 1. The van der Waals surface area contributed by atoms with Crippen LogP contribution in [0.25, 0.3) is 10.6 Å². The van der Waals surface area contributed by atoms with Crippen molar-refractivity contribution in [3.05, 3.63) is 40.9 Å². The molecule has 3 rings (SSSR count). The predicted molar refractivity (Wildman–Crippen MR) is 113 cm³/mol. The Morgan fingerprint density at radius 3 is 2.67 bits per heavy atom. The third-order valence-electron chi connectivity index (χ3n) is 4.76. The third kappa shape index (κ3) is 5.30. The van der Waals surface area contributed by atoms with Gasteiger partial charge in [0.2, 0.25) is 0 Å². The minimum Gasteiger partial charge on any atom is -0.378 e. The number of aryl methyl sites for hydroxylation is 1. The summed E-state index contributed by atoms with van der Waals surface area (Å²) in [6.45, 7) is 10.6. The van der Waals surface area contributed by atoms with Gasteiger partial charge in [-0.15, -0.1) is 11.3 Å². The first-order valence-electron chi connectivity index (χ1n) is 9.87. The Labute approximate surface area is 166 Å². The van der Waals surface area contributed by atoms with Crippen molar-refractivity contribution in [1.82, 2.24) is 15.2 Å². The maximum absolute atomic E-state index is 5.77. The Bertz CT molecular complexity index is 736. The van der Waals surface area contributed by atoms with Crippen LogP contribution in [0.3, 0.4) is 0 Å². The van der Waals surface area contributed by atoms with Crippen molar-refractivity contribution >= 4 is 17.3 Å². The zero-order valence-electron chi connectivity index (χ0n) is 16.6. The number of aliphatic imine (C=N–C) groups is 1. The van der Waals surface area contributed by atoms with Crippen molar-refractivity contribution in [2.45, 2.75) is 46.3 Å². The zero-order valence-corrected chi connectivity index (χ0v) is 17.4. The summed E-state index contributed by atoms with van der Waals surface area (Å²) in [7, 11) is 0. The van der Waals surface area contributed by atoms with E-state index in [-0.39, 0.29) is 0 Å². The molecule has 1 saturated heterocycles. The molecule has 0 atom stereocenters. The Balaban J connectivity index is 1.68. The number of hydrogen-bond acceptors (Lipinski definition) is 4. The summed E-state index contributed by atoms with van der Waals surface area (Å²) in [5.74, 6) is 1.00. The van der Waals surface area contributed by atoms with Crippen molar-refractivity contribution in [3.8, 4) is 10.6 Å². The van der Waals surface area contributed by atoms with E-state index in [1.165, 1.54) is 10.4 Å². The summed E-state index contributed by atoms with van der Waals surface area (Å²) in [6.07, 6.45) is 2.53. The molecule has 146 valence electrons. The lowest BCUT2D eigenvalue weighted by Crippen LogP contribution is -2.47. The first-order chi connectivity index (χ1) is 13.2. The lowest BCUT2D eigenvalue weighted by molar-refractivity contribution is 0.0263. The topological polar surface area (TPSA) is 49.8 Å². The van der Waals surface area contributed by atoms with Crippen LogP contribution in [-0.2, 0) is 11.3 Å². The zero-order chi connectivity index (χ0) is 19.1. The van der Waals surface area contributed by atoms with Crippen LogP contribution in [0.1, 0.15) is 37.3 Å². The Morgan fingerprint density at radius 1 is 1.26 bits per heavy atom. The molecule has 27 heavy (non-hydrogen) atoms. The first kappa shape index (κ1) is 19.8. The smallest absolute Gasteiger partial charge is 0.194 e. The molecule has 1 aliphatic heterocycles. The number of hydrogen-bond donors (Lipinski definition) is 1. The molecule has 5 nitrogen and oxygen atoms in total. The minimum absolute atomic E-state index is 0.395. The lowest BCUT2D eigenvalue weighted by Gasteiger charge is -2.34. The number of thiazole rings is 1. The van der Waals surface area contributed by atoms with Crippen LogP contribution in [0, 0.1) is 6.92 Å². The Kier molecular flexibility index (Phi) is 7.24. The number of ether oxygens (including phenoxy) is 1. The molecule has 0 amide bonds. The predicted octanol–water partition coefficient (Wildman–Crippen LogP) is 4.08. The van der Waals surface area contributed by atoms with Crippen molar-refractivity contribution in [1.29, 1.82) is 0 Å². The summed E-state index contributed by atoms with van der Waals surface area (Å²) < 4.78 is 5.77. The lowest BCUT2D eigenvalue weighted by atomic mass is 10.1. The fraction of sp³-hybridized carbons (Fsp3) is 0.524. The molecule has 2 aromatic rings. The molecule has 6 heteroatoms. The van der Waals surface area contributed by atoms with Crippen LogP contribution in [0.4, 0.5) is 0 Å². The van der Waals surface area contributed by atoms with Gasteiger partial charge in [-0.2, -0.15) is 0 Å². The van der Waals surface area contributed by atoms with Crippen molar-refractivity contribution in [2.75, 3.05) is 26.2 Å². The molecule has 0 radical (unpaired) electrons. The van der Waals surface area contributed by atoms with Crippen LogP contribution in [-0.4, -0.2) is 48.2 Å². The van der Waals surface area contributed by atoms with Gasteiger partial charge in [-0.3, -0.25) is 0 Å². The minimum atomic E-state index is 0.395. The summed E-state index contributed by atoms with van der Waals surface area (Å²) in [5, 5.41) is 4.52. The van der Waals surface area contributed by atoms with Gasteiger partial charge in [0.1, 0.15) is 5.01 Å². The average Bonchev–Trinajstić information content (AvgIpc) is 3.07. The fourth-order valence-electron chi connectivity index (χ4n) is 3.32. The van der Waals surface area contributed by atoms with Crippen LogP contribution in [0.2, 0.25) is 0 Å². The summed E-state index contributed by atoms with van der Waals surface area (Å²) >= 11 is 1.74. The van der Waals surface area contributed by atoms with Gasteiger partial charge >= 0.3 is 0 Å². The number of piperidine rings is 1. The van der Waals surface area contributed by atoms with E-state index in [4.69, 9.17) is 14.7 Å². The molecule has 0 saturated carbocycles. The number of benzene rings is 1. The van der Waals surface area contributed by atoms with Gasteiger partial charge in [0.15, 0.2) is 5.96 Å². The van der Waals surface area contributed by atoms with E-state index < -0.39 is 0 Å². The largest absolute Gasteiger partial charge is 0.378 e. The Morgan fingerprint density at radius 2 is 2.00 bits per heavy atom. The van der Waals surface area contributed by atoms with Crippen LogP contribution in [0.15, 0.2) is 35.3 Å². The van der Waals surface area contributed by atoms with E-state index >= 15 is 0 Å². The van der Waals surface area contributed by atoms with Gasteiger partial charge in [-0.05, 0) is 33.6 Å². The maximum Gasteiger partial charge on any atom is 0.194 e. The first-order valence-corrected chi connectivity index (χ1v) is 10.7. The highest BCUT2D eigenvalue weighted by Crippen LogP contribution is 2.28. The van der Waals surface area contributed by atoms with Gasteiger partial charge < -0.3 is 15.0 Å². The van der Waals surface area contributed by atoms with E-state index in [0.717, 1.165) is 55.7 Å². The molecule has 1 N–H and O–H groups in total. The van der Waals surface area contributed by atoms with E-state index in [1.54, 1.807) is 11.3 Å². The normalized spacial score (nSPS) is 16.0. The van der Waals surface area contributed by atoms with Gasteiger partial charge in [0, 0.05) is 36.7 Å². The van der Waals surface area contributed by atoms with Crippen LogP contribution < -0.4 is 5.32 Å². The van der Waals surface area contributed by atoms with Crippen molar-refractivity contribution in [3.63, 3.8) is 0 Å². The second-order valence-electron chi connectivity index (χ2n) is 6.71. The Hall–Kier alpha value is -1.92. The number of nitrogens with one attached hydrogen (secondary N) is 1. The highest BCUT2D eigenvalue weighted by Gasteiger charge is 2.21. The van der Waals surface area contributed by atoms with Crippen molar-refractivity contribution < 1.29 is 4.74 Å². The van der Waals surface area contributed by atoms with E-state index in [9.17, 15) is 0 Å². The highest BCUT2D eigenvalue weighted by molar-refractivity contribution is 7.15. The monoisotopic (exact) mass is 386 g/mol. The van der Waals surface area contributed by atoms with Gasteiger partial charge in [-0.25, -0.2) is 9.98 Å². The van der Waals surface area contributed by atoms with Gasteiger partial charge in [0.25, 0.3) is 0 Å².